The van der Waals surface area contributed by atoms with Crippen molar-refractivity contribution in [1.82, 2.24) is 9.80 Å². The molecule has 2 aliphatic heterocycles. The van der Waals surface area contributed by atoms with Gasteiger partial charge in [-0.3, -0.25) is 9.80 Å². The van der Waals surface area contributed by atoms with Crippen LogP contribution in [0.5, 0.6) is 0 Å². The maximum atomic E-state index is 6.96. The van der Waals surface area contributed by atoms with Crippen LogP contribution in [0.25, 0.3) is 0 Å². The van der Waals surface area contributed by atoms with Gasteiger partial charge in [0.05, 0.1) is 11.7 Å². The van der Waals surface area contributed by atoms with Gasteiger partial charge in [-0.25, -0.2) is 0 Å². The Morgan fingerprint density at radius 3 is 2.00 bits per heavy atom. The summed E-state index contributed by atoms with van der Waals surface area (Å²) in [6.07, 6.45) is 7.44. The van der Waals surface area contributed by atoms with E-state index < -0.39 is 0 Å². The lowest BCUT2D eigenvalue weighted by Gasteiger charge is -2.58. The third-order valence-electron chi connectivity index (χ3n) is 6.96. The third kappa shape index (κ3) is 2.35. The van der Waals surface area contributed by atoms with E-state index in [-0.39, 0.29) is 5.60 Å². The normalized spacial score (nSPS) is 34.4. The molecule has 2 heterocycles. The van der Waals surface area contributed by atoms with Gasteiger partial charge < -0.3 is 4.74 Å². The van der Waals surface area contributed by atoms with Gasteiger partial charge in [-0.2, -0.15) is 0 Å². The molecule has 1 unspecified atom stereocenters. The predicted molar refractivity (Wildman–Crippen MR) is 90.0 cm³/mol. The van der Waals surface area contributed by atoms with E-state index in [9.17, 15) is 0 Å². The van der Waals surface area contributed by atoms with Gasteiger partial charge in [0.15, 0.2) is 0 Å². The summed E-state index contributed by atoms with van der Waals surface area (Å²) >= 11 is 0. The zero-order valence-corrected chi connectivity index (χ0v) is 15.0. The summed E-state index contributed by atoms with van der Waals surface area (Å²) in [6.45, 7) is 14.2. The second-order valence-electron chi connectivity index (χ2n) is 9.20. The largest absolute Gasteiger partial charge is 0.368 e. The van der Waals surface area contributed by atoms with Crippen LogP contribution < -0.4 is 0 Å². The van der Waals surface area contributed by atoms with E-state index in [2.05, 4.69) is 37.5 Å². The molecule has 4 aliphatic rings. The maximum Gasteiger partial charge on any atom is 0.0967 e. The van der Waals surface area contributed by atoms with Crippen LogP contribution in [-0.2, 0) is 4.74 Å². The molecule has 4 rings (SSSR count). The highest BCUT2D eigenvalue weighted by atomic mass is 16.5. The minimum Gasteiger partial charge on any atom is -0.368 e. The van der Waals surface area contributed by atoms with E-state index in [0.29, 0.717) is 23.6 Å². The second kappa shape index (κ2) is 5.19. The van der Waals surface area contributed by atoms with Gasteiger partial charge in [0.1, 0.15) is 0 Å². The monoisotopic (exact) mass is 306 g/mol. The lowest BCUT2D eigenvalue weighted by Crippen LogP contribution is -2.70. The quantitative estimate of drug-likeness (QED) is 0.776. The van der Waals surface area contributed by atoms with E-state index in [1.807, 2.05) is 0 Å². The van der Waals surface area contributed by atoms with Crippen LogP contribution in [0.3, 0.4) is 0 Å². The Balaban J connectivity index is 1.42. The predicted octanol–water partition coefficient (Wildman–Crippen LogP) is 3.14. The Hall–Kier alpha value is -0.120. The average Bonchev–Trinajstić information content (AvgIpc) is 3.11. The number of nitrogens with zero attached hydrogens (tertiary/aromatic N) is 2. The van der Waals surface area contributed by atoms with Gasteiger partial charge in [-0.05, 0) is 59.3 Å². The van der Waals surface area contributed by atoms with Gasteiger partial charge in [0.2, 0.25) is 0 Å². The molecule has 2 saturated heterocycles. The molecule has 0 aromatic carbocycles. The van der Waals surface area contributed by atoms with Gasteiger partial charge >= 0.3 is 0 Å². The Bertz CT molecular complexity index is 417. The summed E-state index contributed by atoms with van der Waals surface area (Å²) in [4.78, 5) is 5.23. The lowest BCUT2D eigenvalue weighted by atomic mass is 9.75. The second-order valence-corrected chi connectivity index (χ2v) is 9.20. The zero-order chi connectivity index (χ0) is 15.5. The first-order valence-electron chi connectivity index (χ1n) is 9.60. The molecule has 22 heavy (non-hydrogen) atoms. The Kier molecular flexibility index (Phi) is 3.63. The first-order valence-corrected chi connectivity index (χ1v) is 9.60. The standard InChI is InChI=1S/C19H34N2O/c1-14(2)20-10-18(11-20)9-5-6-17(18)22-19(16-7-8-16)12-21(13-19)15(3)4/h14-17H,5-13H2,1-4H3. The number of hydrogen-bond acceptors (Lipinski definition) is 3. The van der Waals surface area contributed by atoms with Crippen LogP contribution in [0.2, 0.25) is 0 Å². The highest BCUT2D eigenvalue weighted by Gasteiger charge is 2.60. The van der Waals surface area contributed by atoms with Crippen molar-refractivity contribution in [2.75, 3.05) is 26.2 Å². The first kappa shape index (κ1) is 15.4. The highest BCUT2D eigenvalue weighted by Crippen LogP contribution is 2.54. The van der Waals surface area contributed by atoms with Gasteiger partial charge in [0.25, 0.3) is 0 Å². The maximum absolute atomic E-state index is 6.96. The van der Waals surface area contributed by atoms with E-state index >= 15 is 0 Å². The fourth-order valence-electron chi connectivity index (χ4n) is 5.11. The van der Waals surface area contributed by atoms with Crippen LogP contribution in [-0.4, -0.2) is 59.8 Å². The molecule has 1 atom stereocenters. The van der Waals surface area contributed by atoms with Crippen LogP contribution >= 0.6 is 0 Å². The Labute approximate surface area is 136 Å². The average molecular weight is 306 g/mol. The van der Waals surface area contributed by atoms with Crippen molar-refractivity contribution in [3.05, 3.63) is 0 Å². The number of hydrogen-bond donors (Lipinski definition) is 0. The topological polar surface area (TPSA) is 15.7 Å². The summed E-state index contributed by atoms with van der Waals surface area (Å²) in [5.41, 5.74) is 0.731. The third-order valence-corrected chi connectivity index (χ3v) is 6.96. The summed E-state index contributed by atoms with van der Waals surface area (Å²) in [5, 5.41) is 0. The van der Waals surface area contributed by atoms with E-state index in [1.54, 1.807) is 0 Å². The summed E-state index contributed by atoms with van der Waals surface area (Å²) in [7, 11) is 0. The lowest BCUT2D eigenvalue weighted by molar-refractivity contribution is -0.230. The molecule has 2 aliphatic carbocycles. The van der Waals surface area contributed by atoms with Crippen LogP contribution in [0.4, 0.5) is 0 Å². The van der Waals surface area contributed by atoms with Crippen molar-refractivity contribution in [2.45, 2.75) is 83.6 Å². The molecular formula is C19H34N2O. The smallest absolute Gasteiger partial charge is 0.0967 e. The fraction of sp³-hybridized carbons (Fsp3) is 1.00. The van der Waals surface area contributed by atoms with Gasteiger partial charge in [0, 0.05) is 43.7 Å². The highest BCUT2D eigenvalue weighted by molar-refractivity contribution is 5.11. The summed E-state index contributed by atoms with van der Waals surface area (Å²) in [5.74, 6) is 0.862. The molecule has 2 saturated carbocycles. The molecule has 126 valence electrons. The molecule has 0 aromatic rings. The van der Waals surface area contributed by atoms with Crippen molar-refractivity contribution in [3.8, 4) is 0 Å². The van der Waals surface area contributed by atoms with E-state index in [0.717, 1.165) is 5.92 Å². The molecule has 0 bridgehead atoms. The van der Waals surface area contributed by atoms with Gasteiger partial charge in [-0.1, -0.05) is 6.42 Å². The Morgan fingerprint density at radius 1 is 0.864 bits per heavy atom. The van der Waals surface area contributed by atoms with Crippen LogP contribution in [0.1, 0.15) is 59.8 Å². The molecule has 3 heteroatoms. The van der Waals surface area contributed by atoms with Crippen molar-refractivity contribution >= 4 is 0 Å². The van der Waals surface area contributed by atoms with Crippen molar-refractivity contribution in [2.24, 2.45) is 11.3 Å². The molecule has 0 N–H and O–H groups in total. The van der Waals surface area contributed by atoms with Crippen LogP contribution in [0.15, 0.2) is 0 Å². The minimum absolute atomic E-state index is 0.227. The fourth-order valence-corrected chi connectivity index (χ4v) is 5.11. The summed E-state index contributed by atoms with van der Waals surface area (Å²) < 4.78 is 6.96. The number of rotatable bonds is 5. The number of ether oxygens (including phenoxy) is 1. The summed E-state index contributed by atoms with van der Waals surface area (Å²) in [6, 6.07) is 1.37. The van der Waals surface area contributed by atoms with Crippen molar-refractivity contribution in [1.29, 1.82) is 0 Å². The van der Waals surface area contributed by atoms with Crippen molar-refractivity contribution < 1.29 is 4.74 Å². The minimum atomic E-state index is 0.227. The molecule has 0 radical (unpaired) electrons. The molecule has 3 nitrogen and oxygen atoms in total. The van der Waals surface area contributed by atoms with Crippen LogP contribution in [0, 0.1) is 11.3 Å². The molecule has 4 fully saturated rings. The van der Waals surface area contributed by atoms with E-state index in [1.165, 1.54) is 58.3 Å². The first-order chi connectivity index (χ1) is 10.4. The SMILES string of the molecule is CC(C)N1CC2(CCCC2OC2(C3CC3)CN(C(C)C)C2)C1. The van der Waals surface area contributed by atoms with Gasteiger partial charge in [-0.15, -0.1) is 0 Å². The van der Waals surface area contributed by atoms with Crippen molar-refractivity contribution in [3.63, 3.8) is 0 Å². The molecular weight excluding hydrogens is 272 g/mol. The number of likely N-dealkylation sites (tertiary alicyclic amines) is 2. The molecule has 0 aromatic heterocycles. The molecule has 1 spiro atoms. The van der Waals surface area contributed by atoms with E-state index in [4.69, 9.17) is 4.74 Å². The molecule has 0 amide bonds. The zero-order valence-electron chi connectivity index (χ0n) is 15.0. The Morgan fingerprint density at radius 2 is 1.45 bits per heavy atom.